The Morgan fingerprint density at radius 2 is 1.82 bits per heavy atom. The van der Waals surface area contributed by atoms with Crippen molar-refractivity contribution in [2.24, 2.45) is 0 Å². The molecule has 0 amide bonds. The Balaban J connectivity index is 2.14. The van der Waals surface area contributed by atoms with Gasteiger partial charge in [0.2, 0.25) is 0 Å². The number of benzene rings is 1. The Morgan fingerprint density at radius 1 is 1.06 bits per heavy atom. The lowest BCUT2D eigenvalue weighted by molar-refractivity contribution is 0.470. The molecule has 17 heavy (non-hydrogen) atoms. The summed E-state index contributed by atoms with van der Waals surface area (Å²) >= 11 is 0. The van der Waals surface area contributed by atoms with Gasteiger partial charge < -0.3 is 10.8 Å². The SMILES string of the molecule is Nc1ccc(-c2nc3ccc(O)cn3n2)cc1. The predicted molar refractivity (Wildman–Crippen MR) is 64.5 cm³/mol. The van der Waals surface area contributed by atoms with Crippen molar-refractivity contribution in [2.45, 2.75) is 0 Å². The highest BCUT2D eigenvalue weighted by Crippen LogP contribution is 2.18. The molecule has 0 radical (unpaired) electrons. The van der Waals surface area contributed by atoms with Crippen molar-refractivity contribution in [3.63, 3.8) is 0 Å². The van der Waals surface area contributed by atoms with Gasteiger partial charge in [0.15, 0.2) is 11.5 Å². The van der Waals surface area contributed by atoms with Gasteiger partial charge in [-0.2, -0.15) is 0 Å². The van der Waals surface area contributed by atoms with Gasteiger partial charge in [0.25, 0.3) is 0 Å². The molecule has 5 heteroatoms. The first-order chi connectivity index (χ1) is 8.22. The Labute approximate surface area is 97.1 Å². The van der Waals surface area contributed by atoms with Crippen molar-refractivity contribution in [3.8, 4) is 17.1 Å². The Bertz CT molecular complexity index is 673. The van der Waals surface area contributed by atoms with Crippen LogP contribution in [0.4, 0.5) is 5.69 Å². The number of hydrogen-bond acceptors (Lipinski definition) is 4. The number of nitrogens with two attached hydrogens (primary N) is 1. The molecular weight excluding hydrogens is 216 g/mol. The molecule has 0 bridgehead atoms. The van der Waals surface area contributed by atoms with Crippen LogP contribution in [0.15, 0.2) is 42.6 Å². The Morgan fingerprint density at radius 3 is 2.59 bits per heavy atom. The van der Waals surface area contributed by atoms with Crippen molar-refractivity contribution < 1.29 is 5.11 Å². The van der Waals surface area contributed by atoms with Crippen molar-refractivity contribution in [1.29, 1.82) is 0 Å². The molecule has 0 saturated carbocycles. The number of aromatic hydroxyl groups is 1. The minimum Gasteiger partial charge on any atom is -0.506 e. The molecule has 5 nitrogen and oxygen atoms in total. The van der Waals surface area contributed by atoms with Gasteiger partial charge in [-0.1, -0.05) is 0 Å². The van der Waals surface area contributed by atoms with E-state index in [0.717, 1.165) is 5.56 Å². The van der Waals surface area contributed by atoms with Crippen LogP contribution in [-0.2, 0) is 0 Å². The van der Waals surface area contributed by atoms with E-state index in [1.54, 1.807) is 28.8 Å². The normalized spacial score (nSPS) is 10.8. The lowest BCUT2D eigenvalue weighted by Crippen LogP contribution is -1.87. The van der Waals surface area contributed by atoms with E-state index in [2.05, 4.69) is 10.1 Å². The molecular formula is C12H10N4O. The summed E-state index contributed by atoms with van der Waals surface area (Å²) in [6, 6.07) is 10.6. The second-order valence-corrected chi connectivity index (χ2v) is 3.75. The van der Waals surface area contributed by atoms with Gasteiger partial charge in [0.1, 0.15) is 5.75 Å². The zero-order chi connectivity index (χ0) is 11.8. The summed E-state index contributed by atoms with van der Waals surface area (Å²) in [7, 11) is 0. The van der Waals surface area contributed by atoms with Crippen molar-refractivity contribution in [3.05, 3.63) is 42.6 Å². The van der Waals surface area contributed by atoms with E-state index in [9.17, 15) is 5.11 Å². The van der Waals surface area contributed by atoms with E-state index in [1.165, 1.54) is 6.20 Å². The smallest absolute Gasteiger partial charge is 0.182 e. The summed E-state index contributed by atoms with van der Waals surface area (Å²) in [5.74, 6) is 0.766. The van der Waals surface area contributed by atoms with E-state index in [0.29, 0.717) is 17.2 Å². The topological polar surface area (TPSA) is 76.4 Å². The number of nitrogens with zero attached hydrogens (tertiary/aromatic N) is 3. The molecule has 0 unspecified atom stereocenters. The van der Waals surface area contributed by atoms with Crippen LogP contribution < -0.4 is 5.73 Å². The van der Waals surface area contributed by atoms with E-state index in [1.807, 2.05) is 12.1 Å². The van der Waals surface area contributed by atoms with Crippen LogP contribution >= 0.6 is 0 Å². The van der Waals surface area contributed by atoms with Gasteiger partial charge in [-0.25, -0.2) is 9.50 Å². The molecule has 3 aromatic rings. The quantitative estimate of drug-likeness (QED) is 0.619. The summed E-state index contributed by atoms with van der Waals surface area (Å²) in [6.07, 6.45) is 1.52. The molecule has 0 aliphatic heterocycles. The van der Waals surface area contributed by atoms with E-state index >= 15 is 0 Å². The summed E-state index contributed by atoms with van der Waals surface area (Å²) in [6.45, 7) is 0. The van der Waals surface area contributed by atoms with Crippen LogP contribution in [-0.4, -0.2) is 19.7 Å². The zero-order valence-electron chi connectivity index (χ0n) is 8.91. The lowest BCUT2D eigenvalue weighted by Gasteiger charge is -1.95. The zero-order valence-corrected chi connectivity index (χ0v) is 8.91. The molecule has 0 atom stereocenters. The van der Waals surface area contributed by atoms with Gasteiger partial charge in [0.05, 0.1) is 6.20 Å². The Hall–Kier alpha value is -2.56. The van der Waals surface area contributed by atoms with E-state index in [-0.39, 0.29) is 5.75 Å². The van der Waals surface area contributed by atoms with Crippen LogP contribution in [0.25, 0.3) is 17.0 Å². The summed E-state index contributed by atoms with van der Waals surface area (Å²) in [5, 5.41) is 13.6. The first-order valence-corrected chi connectivity index (χ1v) is 5.14. The number of anilines is 1. The predicted octanol–water partition coefficient (Wildman–Crippen LogP) is 1.68. The standard InChI is InChI=1S/C12H10N4O/c13-9-3-1-8(2-4-9)12-14-11-6-5-10(17)7-16(11)15-12/h1-7,17H,13H2. The van der Waals surface area contributed by atoms with Crippen LogP contribution in [0.3, 0.4) is 0 Å². The van der Waals surface area contributed by atoms with Gasteiger partial charge in [-0.3, -0.25) is 0 Å². The van der Waals surface area contributed by atoms with Gasteiger partial charge >= 0.3 is 0 Å². The van der Waals surface area contributed by atoms with Crippen LogP contribution in [0, 0.1) is 0 Å². The van der Waals surface area contributed by atoms with Crippen LogP contribution in [0.5, 0.6) is 5.75 Å². The third-order valence-electron chi connectivity index (χ3n) is 2.48. The minimum atomic E-state index is 0.159. The lowest BCUT2D eigenvalue weighted by atomic mass is 10.2. The van der Waals surface area contributed by atoms with Gasteiger partial charge in [-0.15, -0.1) is 5.10 Å². The fraction of sp³-hybridized carbons (Fsp3) is 0. The highest BCUT2D eigenvalue weighted by molar-refractivity contribution is 5.61. The second-order valence-electron chi connectivity index (χ2n) is 3.75. The highest BCUT2D eigenvalue weighted by atomic mass is 16.3. The number of rotatable bonds is 1. The third-order valence-corrected chi connectivity index (χ3v) is 2.48. The maximum Gasteiger partial charge on any atom is 0.182 e. The van der Waals surface area contributed by atoms with Crippen molar-refractivity contribution in [1.82, 2.24) is 14.6 Å². The van der Waals surface area contributed by atoms with Crippen molar-refractivity contribution >= 4 is 11.3 Å². The summed E-state index contributed by atoms with van der Waals surface area (Å²) in [5.41, 5.74) is 7.91. The largest absolute Gasteiger partial charge is 0.506 e. The fourth-order valence-corrected chi connectivity index (χ4v) is 1.63. The molecule has 0 saturated heterocycles. The van der Waals surface area contributed by atoms with Crippen LogP contribution in [0.1, 0.15) is 0 Å². The van der Waals surface area contributed by atoms with Crippen LogP contribution in [0.2, 0.25) is 0 Å². The van der Waals surface area contributed by atoms with Crippen molar-refractivity contribution in [2.75, 3.05) is 5.73 Å². The average molecular weight is 226 g/mol. The maximum atomic E-state index is 9.34. The molecule has 3 N–H and O–H groups in total. The number of aromatic nitrogens is 3. The van der Waals surface area contributed by atoms with Gasteiger partial charge in [-0.05, 0) is 36.4 Å². The number of hydrogen-bond donors (Lipinski definition) is 2. The van der Waals surface area contributed by atoms with E-state index < -0.39 is 0 Å². The number of nitrogen functional groups attached to an aromatic ring is 1. The molecule has 3 rings (SSSR count). The first kappa shape index (κ1) is 9.65. The molecule has 0 aliphatic carbocycles. The molecule has 1 aromatic carbocycles. The monoisotopic (exact) mass is 226 g/mol. The number of pyridine rings is 1. The van der Waals surface area contributed by atoms with E-state index in [4.69, 9.17) is 5.73 Å². The molecule has 0 aliphatic rings. The Kier molecular flexibility index (Phi) is 1.98. The average Bonchev–Trinajstić information content (AvgIpc) is 2.72. The first-order valence-electron chi connectivity index (χ1n) is 5.14. The molecule has 2 aromatic heterocycles. The minimum absolute atomic E-state index is 0.159. The molecule has 0 fully saturated rings. The van der Waals surface area contributed by atoms with Gasteiger partial charge in [0, 0.05) is 11.3 Å². The summed E-state index contributed by atoms with van der Waals surface area (Å²) in [4.78, 5) is 4.35. The summed E-state index contributed by atoms with van der Waals surface area (Å²) < 4.78 is 1.54. The number of fused-ring (bicyclic) bond motifs is 1. The fourth-order valence-electron chi connectivity index (χ4n) is 1.63. The molecule has 0 spiro atoms. The maximum absolute atomic E-state index is 9.34. The third kappa shape index (κ3) is 1.67. The second kappa shape index (κ2) is 3.48. The highest BCUT2D eigenvalue weighted by Gasteiger charge is 2.06. The molecule has 84 valence electrons. The molecule has 2 heterocycles.